The number of hydrogen-bond donors (Lipinski definition) is 1. The predicted octanol–water partition coefficient (Wildman–Crippen LogP) is 1.85. The number of rotatable bonds is 6. The van der Waals surface area contributed by atoms with Gasteiger partial charge in [0.1, 0.15) is 6.61 Å². The lowest BCUT2D eigenvalue weighted by Gasteiger charge is -2.11. The van der Waals surface area contributed by atoms with Gasteiger partial charge < -0.3 is 4.74 Å². The summed E-state index contributed by atoms with van der Waals surface area (Å²) < 4.78 is 31.3. The Morgan fingerprint density at radius 3 is 2.32 bits per heavy atom. The standard InChI is InChI=1S/C15H21NO5S/c1-10(2)14(17)16-22(19,20)13-7-5-6-12(8-13)9-21-15(18)11(3)4/h5-8,10-11H,9H2,1-4H3,(H,16,17). The number of carbonyl (C=O) groups is 2. The maximum Gasteiger partial charge on any atom is 0.308 e. The van der Waals surface area contributed by atoms with Crippen LogP contribution < -0.4 is 4.72 Å². The molecule has 7 heteroatoms. The van der Waals surface area contributed by atoms with E-state index in [0.29, 0.717) is 5.56 Å². The van der Waals surface area contributed by atoms with Crippen LogP contribution in [0.5, 0.6) is 0 Å². The molecule has 0 atom stereocenters. The van der Waals surface area contributed by atoms with Gasteiger partial charge in [0.25, 0.3) is 10.0 Å². The van der Waals surface area contributed by atoms with Crippen LogP contribution in [0.25, 0.3) is 0 Å². The number of nitrogens with one attached hydrogen (secondary N) is 1. The molecule has 1 N–H and O–H groups in total. The number of benzene rings is 1. The molecular formula is C15H21NO5S. The Morgan fingerprint density at radius 1 is 1.14 bits per heavy atom. The van der Waals surface area contributed by atoms with E-state index in [4.69, 9.17) is 4.74 Å². The second-order valence-corrected chi connectivity index (χ2v) is 7.22. The van der Waals surface area contributed by atoms with Crippen LogP contribution in [-0.4, -0.2) is 20.3 Å². The summed E-state index contributed by atoms with van der Waals surface area (Å²) in [6.45, 7) is 6.62. The molecule has 0 radical (unpaired) electrons. The lowest BCUT2D eigenvalue weighted by atomic mass is 10.2. The van der Waals surface area contributed by atoms with Crippen LogP contribution in [0.4, 0.5) is 0 Å². The van der Waals surface area contributed by atoms with Gasteiger partial charge >= 0.3 is 5.97 Å². The molecule has 0 fully saturated rings. The van der Waals surface area contributed by atoms with E-state index in [1.54, 1.807) is 33.8 Å². The Hall–Kier alpha value is -1.89. The van der Waals surface area contributed by atoms with Crippen molar-refractivity contribution < 1.29 is 22.7 Å². The third-order valence-corrected chi connectivity index (χ3v) is 4.17. The van der Waals surface area contributed by atoms with E-state index < -0.39 is 21.8 Å². The number of sulfonamides is 1. The number of esters is 1. The molecule has 1 rings (SSSR count). The minimum absolute atomic E-state index is 0.0154. The fourth-order valence-electron chi connectivity index (χ4n) is 1.43. The molecule has 0 aliphatic rings. The summed E-state index contributed by atoms with van der Waals surface area (Å²) in [4.78, 5) is 22.9. The highest BCUT2D eigenvalue weighted by Crippen LogP contribution is 2.13. The van der Waals surface area contributed by atoms with Crippen LogP contribution in [0.15, 0.2) is 29.2 Å². The zero-order valence-electron chi connectivity index (χ0n) is 13.1. The van der Waals surface area contributed by atoms with Crippen LogP contribution in [0.2, 0.25) is 0 Å². The molecule has 0 saturated carbocycles. The second-order valence-electron chi connectivity index (χ2n) is 5.53. The highest BCUT2D eigenvalue weighted by atomic mass is 32.2. The van der Waals surface area contributed by atoms with Crippen molar-refractivity contribution in [2.45, 2.75) is 39.2 Å². The number of hydrogen-bond acceptors (Lipinski definition) is 5. The Balaban J connectivity index is 2.87. The smallest absolute Gasteiger partial charge is 0.308 e. The summed E-state index contributed by atoms with van der Waals surface area (Å²) in [6, 6.07) is 5.94. The molecular weight excluding hydrogens is 306 g/mol. The molecule has 1 aromatic rings. The number of amides is 1. The first-order valence-corrected chi connectivity index (χ1v) is 8.44. The molecule has 0 aliphatic heterocycles. The highest BCUT2D eigenvalue weighted by molar-refractivity contribution is 7.90. The van der Waals surface area contributed by atoms with Gasteiger partial charge in [-0.1, -0.05) is 39.8 Å². The van der Waals surface area contributed by atoms with Gasteiger partial charge in [0.05, 0.1) is 10.8 Å². The molecule has 0 aliphatic carbocycles. The van der Waals surface area contributed by atoms with Crippen LogP contribution in [0.1, 0.15) is 33.3 Å². The van der Waals surface area contributed by atoms with E-state index in [9.17, 15) is 18.0 Å². The van der Waals surface area contributed by atoms with Gasteiger partial charge in [0.2, 0.25) is 5.91 Å². The second kappa shape index (κ2) is 7.40. The number of carbonyl (C=O) groups excluding carboxylic acids is 2. The summed E-state index contributed by atoms with van der Waals surface area (Å²) in [7, 11) is -3.92. The Bertz CT molecular complexity index is 650. The average Bonchev–Trinajstić information content (AvgIpc) is 2.44. The van der Waals surface area contributed by atoms with Crippen molar-refractivity contribution in [2.24, 2.45) is 11.8 Å². The van der Waals surface area contributed by atoms with Gasteiger partial charge in [-0.25, -0.2) is 13.1 Å². The van der Waals surface area contributed by atoms with E-state index in [1.165, 1.54) is 18.2 Å². The molecule has 0 bridgehead atoms. The molecule has 6 nitrogen and oxygen atoms in total. The minimum atomic E-state index is -3.92. The van der Waals surface area contributed by atoms with Crippen LogP contribution in [-0.2, 0) is 31.0 Å². The normalized spacial score (nSPS) is 11.5. The zero-order chi connectivity index (χ0) is 16.9. The monoisotopic (exact) mass is 327 g/mol. The molecule has 0 unspecified atom stereocenters. The Labute approximate surface area is 130 Å². The summed E-state index contributed by atoms with van der Waals surface area (Å²) in [5.41, 5.74) is 0.536. The minimum Gasteiger partial charge on any atom is -0.461 e. The van der Waals surface area contributed by atoms with E-state index in [-0.39, 0.29) is 23.4 Å². The van der Waals surface area contributed by atoms with Crippen LogP contribution >= 0.6 is 0 Å². The van der Waals surface area contributed by atoms with Gasteiger partial charge in [-0.3, -0.25) is 9.59 Å². The first-order valence-electron chi connectivity index (χ1n) is 6.95. The molecule has 1 aromatic carbocycles. The maximum absolute atomic E-state index is 12.1. The van der Waals surface area contributed by atoms with Crippen molar-refractivity contribution in [2.75, 3.05) is 0 Å². The van der Waals surface area contributed by atoms with Crippen molar-refractivity contribution in [1.29, 1.82) is 0 Å². The Kier molecular flexibility index (Phi) is 6.11. The van der Waals surface area contributed by atoms with Crippen molar-refractivity contribution in [1.82, 2.24) is 4.72 Å². The van der Waals surface area contributed by atoms with Gasteiger partial charge in [-0.2, -0.15) is 0 Å². The maximum atomic E-state index is 12.1. The lowest BCUT2D eigenvalue weighted by molar-refractivity contribution is -0.148. The SMILES string of the molecule is CC(C)C(=O)NS(=O)(=O)c1cccc(COC(=O)C(C)C)c1. The lowest BCUT2D eigenvalue weighted by Crippen LogP contribution is -2.33. The predicted molar refractivity (Wildman–Crippen MR) is 81.2 cm³/mol. The van der Waals surface area contributed by atoms with E-state index in [1.807, 2.05) is 4.72 Å². The quantitative estimate of drug-likeness (QED) is 0.805. The fraction of sp³-hybridized carbons (Fsp3) is 0.467. The topological polar surface area (TPSA) is 89.5 Å². The van der Waals surface area contributed by atoms with Gasteiger partial charge in [-0.15, -0.1) is 0 Å². The summed E-state index contributed by atoms with van der Waals surface area (Å²) >= 11 is 0. The molecule has 0 aromatic heterocycles. The van der Waals surface area contributed by atoms with Crippen molar-refractivity contribution in [3.05, 3.63) is 29.8 Å². The van der Waals surface area contributed by atoms with Crippen molar-refractivity contribution in [3.63, 3.8) is 0 Å². The third-order valence-electron chi connectivity index (χ3n) is 2.82. The summed E-state index contributed by atoms with van der Waals surface area (Å²) in [6.07, 6.45) is 0. The molecule has 0 spiro atoms. The molecule has 0 heterocycles. The fourth-order valence-corrected chi connectivity index (χ4v) is 2.62. The van der Waals surface area contributed by atoms with Gasteiger partial charge in [0, 0.05) is 5.92 Å². The van der Waals surface area contributed by atoms with E-state index in [2.05, 4.69) is 0 Å². The highest BCUT2D eigenvalue weighted by Gasteiger charge is 2.20. The van der Waals surface area contributed by atoms with Crippen LogP contribution in [0.3, 0.4) is 0 Å². The van der Waals surface area contributed by atoms with E-state index >= 15 is 0 Å². The Morgan fingerprint density at radius 2 is 1.77 bits per heavy atom. The molecule has 0 saturated heterocycles. The first kappa shape index (κ1) is 18.2. The third kappa shape index (κ3) is 5.14. The first-order chi connectivity index (χ1) is 10.1. The molecule has 22 heavy (non-hydrogen) atoms. The number of ether oxygens (including phenoxy) is 1. The van der Waals surface area contributed by atoms with Gasteiger partial charge in [-0.05, 0) is 17.7 Å². The zero-order valence-corrected chi connectivity index (χ0v) is 13.9. The molecule has 1 amide bonds. The van der Waals surface area contributed by atoms with E-state index in [0.717, 1.165) is 0 Å². The summed E-state index contributed by atoms with van der Waals surface area (Å²) in [5, 5.41) is 0. The molecule has 122 valence electrons. The van der Waals surface area contributed by atoms with Gasteiger partial charge in [0.15, 0.2) is 0 Å². The van der Waals surface area contributed by atoms with Crippen molar-refractivity contribution in [3.8, 4) is 0 Å². The largest absolute Gasteiger partial charge is 0.461 e. The van der Waals surface area contributed by atoms with Crippen LogP contribution in [0, 0.1) is 11.8 Å². The van der Waals surface area contributed by atoms with Crippen molar-refractivity contribution >= 4 is 21.9 Å². The average molecular weight is 327 g/mol. The summed E-state index contributed by atoms with van der Waals surface area (Å²) in [5.74, 6) is -1.62.